The van der Waals surface area contributed by atoms with Crippen LogP contribution in [0.3, 0.4) is 0 Å². The topological polar surface area (TPSA) is 96.6 Å². The summed E-state index contributed by atoms with van der Waals surface area (Å²) in [5.41, 5.74) is 7.71. The Morgan fingerprint density at radius 2 is 1.61 bits per heavy atom. The van der Waals surface area contributed by atoms with Crippen LogP contribution in [0.25, 0.3) is 0 Å². The number of hydrogen-bond acceptors (Lipinski definition) is 3. The first-order chi connectivity index (χ1) is 12.6. The Kier molecular flexibility index (Phi) is 13.0. The molecule has 162 valence electrons. The monoisotopic (exact) mass is 524 g/mol. The van der Waals surface area contributed by atoms with Crippen LogP contribution >= 0.6 is 24.0 Å². The largest absolute Gasteiger partial charge is 0.370 e. The maximum Gasteiger partial charge on any atom is 0.216 e. The van der Waals surface area contributed by atoms with Crippen LogP contribution in [0, 0.1) is 5.92 Å². The first kappa shape index (κ1) is 27.1. The van der Waals surface area contributed by atoms with E-state index in [2.05, 4.69) is 35.8 Å². The molecular weight excluding hydrogens is 487 g/mol. The lowest BCUT2D eigenvalue weighted by atomic mass is 10.0. The molecule has 0 fully saturated rings. The average Bonchev–Trinajstić information content (AvgIpc) is 2.52. The zero-order valence-electron chi connectivity index (χ0n) is 17.7. The third-order valence-electron chi connectivity index (χ3n) is 4.04. The quantitative estimate of drug-likeness (QED) is 0.233. The van der Waals surface area contributed by atoms with Crippen molar-refractivity contribution in [3.8, 4) is 0 Å². The highest BCUT2D eigenvalue weighted by atomic mass is 127. The Bertz CT molecular complexity index is 689. The standard InChI is InChI=1S/C20H36N4O2S.HI/c1-15(2)7-6-8-17(5)23-20(21)22-13-18-9-11-19(12-10-18)14-27(25,26)24-16(3)4;/h9-12,15-17,24H,6-8,13-14H2,1-5H3,(H3,21,22,23);1H. The molecule has 4 N–H and O–H groups in total. The molecule has 28 heavy (non-hydrogen) atoms. The van der Waals surface area contributed by atoms with E-state index in [4.69, 9.17) is 5.73 Å². The van der Waals surface area contributed by atoms with Gasteiger partial charge in [-0.15, -0.1) is 24.0 Å². The van der Waals surface area contributed by atoms with E-state index < -0.39 is 10.0 Å². The molecule has 0 saturated heterocycles. The lowest BCUT2D eigenvalue weighted by Gasteiger charge is -2.15. The van der Waals surface area contributed by atoms with E-state index in [1.165, 1.54) is 12.8 Å². The summed E-state index contributed by atoms with van der Waals surface area (Å²) >= 11 is 0. The van der Waals surface area contributed by atoms with Crippen LogP contribution in [-0.2, 0) is 22.3 Å². The molecule has 0 aliphatic carbocycles. The Labute approximate surface area is 188 Å². The maximum absolute atomic E-state index is 12.0. The average molecular weight is 525 g/mol. The van der Waals surface area contributed by atoms with Crippen molar-refractivity contribution < 1.29 is 8.42 Å². The Balaban J connectivity index is 0.00000729. The van der Waals surface area contributed by atoms with E-state index in [1.54, 1.807) is 0 Å². The van der Waals surface area contributed by atoms with E-state index in [0.29, 0.717) is 18.5 Å². The summed E-state index contributed by atoms with van der Waals surface area (Å²) in [6, 6.07) is 7.62. The van der Waals surface area contributed by atoms with Crippen molar-refractivity contribution in [1.82, 2.24) is 10.0 Å². The number of nitrogens with zero attached hydrogens (tertiary/aromatic N) is 1. The van der Waals surface area contributed by atoms with Crippen molar-refractivity contribution in [1.29, 1.82) is 0 Å². The van der Waals surface area contributed by atoms with Gasteiger partial charge < -0.3 is 11.1 Å². The number of nitrogens with two attached hydrogens (primary N) is 1. The number of sulfonamides is 1. The molecule has 1 rings (SSSR count). The van der Waals surface area contributed by atoms with Crippen molar-refractivity contribution >= 4 is 40.0 Å². The molecule has 0 heterocycles. The fraction of sp³-hybridized carbons (Fsp3) is 0.650. The molecular formula is C20H37IN4O2S. The fourth-order valence-corrected chi connectivity index (χ4v) is 4.17. The van der Waals surface area contributed by atoms with Gasteiger partial charge in [-0.3, -0.25) is 0 Å². The van der Waals surface area contributed by atoms with Gasteiger partial charge in [0.2, 0.25) is 10.0 Å². The second-order valence-corrected chi connectivity index (χ2v) is 9.67. The summed E-state index contributed by atoms with van der Waals surface area (Å²) in [5, 5.41) is 3.22. The van der Waals surface area contributed by atoms with Crippen LogP contribution in [0.1, 0.15) is 65.0 Å². The van der Waals surface area contributed by atoms with Gasteiger partial charge in [0.1, 0.15) is 0 Å². The zero-order valence-corrected chi connectivity index (χ0v) is 20.9. The van der Waals surface area contributed by atoms with Gasteiger partial charge in [-0.25, -0.2) is 18.1 Å². The van der Waals surface area contributed by atoms with E-state index in [9.17, 15) is 8.42 Å². The SMILES string of the molecule is CC(C)CCCC(C)NC(N)=NCc1ccc(CS(=O)(=O)NC(C)C)cc1.I. The maximum atomic E-state index is 12.0. The first-order valence-electron chi connectivity index (χ1n) is 9.71. The molecule has 0 aliphatic rings. The van der Waals surface area contributed by atoms with Crippen LogP contribution in [0.2, 0.25) is 0 Å². The smallest absolute Gasteiger partial charge is 0.216 e. The molecule has 0 radical (unpaired) electrons. The van der Waals surface area contributed by atoms with Crippen LogP contribution in [0.4, 0.5) is 0 Å². The predicted molar refractivity (Wildman–Crippen MR) is 129 cm³/mol. The van der Waals surface area contributed by atoms with E-state index in [0.717, 1.165) is 23.5 Å². The summed E-state index contributed by atoms with van der Waals surface area (Å²) in [4.78, 5) is 4.37. The third-order valence-corrected chi connectivity index (χ3v) is 5.58. The van der Waals surface area contributed by atoms with Gasteiger partial charge in [0.05, 0.1) is 12.3 Å². The molecule has 6 nitrogen and oxygen atoms in total. The van der Waals surface area contributed by atoms with Crippen molar-refractivity contribution in [3.05, 3.63) is 35.4 Å². The Morgan fingerprint density at radius 1 is 1.04 bits per heavy atom. The molecule has 1 atom stereocenters. The molecule has 0 aromatic heterocycles. The van der Waals surface area contributed by atoms with Crippen molar-refractivity contribution in [2.75, 3.05) is 0 Å². The summed E-state index contributed by atoms with van der Waals surface area (Å²) in [6.07, 6.45) is 3.47. The number of nitrogens with one attached hydrogen (secondary N) is 2. The van der Waals surface area contributed by atoms with Gasteiger partial charge in [-0.1, -0.05) is 51.0 Å². The second-order valence-electron chi connectivity index (χ2n) is 7.92. The third kappa shape index (κ3) is 12.6. The molecule has 1 aromatic carbocycles. The molecule has 8 heteroatoms. The minimum absolute atomic E-state index is 0. The Hall–Kier alpha value is -0.870. The number of benzene rings is 1. The van der Waals surface area contributed by atoms with E-state index >= 15 is 0 Å². The second kappa shape index (κ2) is 13.4. The van der Waals surface area contributed by atoms with E-state index in [-0.39, 0.29) is 35.8 Å². The van der Waals surface area contributed by atoms with Gasteiger partial charge in [0, 0.05) is 12.1 Å². The van der Waals surface area contributed by atoms with Gasteiger partial charge in [0.15, 0.2) is 5.96 Å². The van der Waals surface area contributed by atoms with Crippen molar-refractivity contribution in [2.45, 2.75) is 78.3 Å². The lowest BCUT2D eigenvalue weighted by Crippen LogP contribution is -2.38. The number of aliphatic imine (C=N–C) groups is 1. The van der Waals surface area contributed by atoms with Gasteiger partial charge in [0.25, 0.3) is 0 Å². The molecule has 0 aliphatic heterocycles. The molecule has 0 bridgehead atoms. The minimum Gasteiger partial charge on any atom is -0.370 e. The normalized spacial score (nSPS) is 13.5. The number of rotatable bonds is 11. The molecule has 1 aromatic rings. The lowest BCUT2D eigenvalue weighted by molar-refractivity contribution is 0.493. The number of guanidine groups is 1. The number of hydrogen-bond donors (Lipinski definition) is 3. The van der Waals surface area contributed by atoms with E-state index in [1.807, 2.05) is 38.1 Å². The van der Waals surface area contributed by atoms with Crippen LogP contribution in [0.15, 0.2) is 29.3 Å². The van der Waals surface area contributed by atoms with Gasteiger partial charge in [-0.2, -0.15) is 0 Å². The Morgan fingerprint density at radius 3 is 2.14 bits per heavy atom. The molecule has 0 spiro atoms. The summed E-state index contributed by atoms with van der Waals surface area (Å²) in [5.74, 6) is 1.15. The van der Waals surface area contributed by atoms with Gasteiger partial charge >= 0.3 is 0 Å². The van der Waals surface area contributed by atoms with Gasteiger partial charge in [-0.05, 0) is 44.2 Å². The first-order valence-corrected chi connectivity index (χ1v) is 11.4. The molecule has 1 unspecified atom stereocenters. The minimum atomic E-state index is -3.31. The summed E-state index contributed by atoms with van der Waals surface area (Å²) in [7, 11) is -3.31. The highest BCUT2D eigenvalue weighted by Gasteiger charge is 2.12. The molecule has 0 saturated carbocycles. The number of halogens is 1. The van der Waals surface area contributed by atoms with Crippen LogP contribution < -0.4 is 15.8 Å². The summed E-state index contributed by atoms with van der Waals surface area (Å²) in [6.45, 7) is 10.7. The fourth-order valence-electron chi connectivity index (χ4n) is 2.74. The predicted octanol–water partition coefficient (Wildman–Crippen LogP) is 3.75. The molecule has 0 amide bonds. The highest BCUT2D eigenvalue weighted by Crippen LogP contribution is 2.10. The van der Waals surface area contributed by atoms with Crippen molar-refractivity contribution in [2.24, 2.45) is 16.6 Å². The summed E-state index contributed by atoms with van der Waals surface area (Å²) < 4.78 is 26.5. The highest BCUT2D eigenvalue weighted by molar-refractivity contribution is 14.0. The van der Waals surface area contributed by atoms with Crippen molar-refractivity contribution in [3.63, 3.8) is 0 Å². The van der Waals surface area contributed by atoms with Crippen LogP contribution in [-0.4, -0.2) is 26.5 Å². The van der Waals surface area contributed by atoms with Crippen LogP contribution in [0.5, 0.6) is 0 Å². The zero-order chi connectivity index (χ0) is 20.4.